The first-order chi connectivity index (χ1) is 44.5. The summed E-state index contributed by atoms with van der Waals surface area (Å²) in [4.78, 5) is 39.3. The average Bonchev–Trinajstić information content (AvgIpc) is 1.87. The summed E-state index contributed by atoms with van der Waals surface area (Å²) in [7, 11) is 0. The van der Waals surface area contributed by atoms with Crippen LogP contribution < -0.4 is 0 Å². The lowest BCUT2D eigenvalue weighted by atomic mass is 9.97. The molecular weight excluding hydrogens is 1100 g/mol. The molecule has 16 bridgehead atoms. The van der Waals surface area contributed by atoms with Crippen molar-refractivity contribution in [3.63, 3.8) is 0 Å². The number of aryl methyl sites for hydroxylation is 3. The molecule has 0 unspecified atom stereocenters. The number of unbranched alkanes of at least 4 members (excludes halogenated alkanes) is 9. The maximum atomic E-state index is 5.88. The highest BCUT2D eigenvalue weighted by Gasteiger charge is 2.25. The molecule has 10 heterocycles. The van der Waals surface area contributed by atoms with Crippen LogP contribution in [0.1, 0.15) is 160 Å². The van der Waals surface area contributed by atoms with Crippen molar-refractivity contribution in [2.45, 2.75) is 117 Å². The van der Waals surface area contributed by atoms with Gasteiger partial charge in [-0.15, -0.1) is 0 Å². The van der Waals surface area contributed by atoms with Gasteiger partial charge in [-0.1, -0.05) is 200 Å². The van der Waals surface area contributed by atoms with Crippen molar-refractivity contribution < 1.29 is 0 Å². The van der Waals surface area contributed by atoms with Crippen LogP contribution >= 0.6 is 0 Å². The van der Waals surface area contributed by atoms with E-state index in [4.69, 9.17) is 19.9 Å². The number of hydrogen-bond donors (Lipinski definition) is 4. The van der Waals surface area contributed by atoms with Gasteiger partial charge >= 0.3 is 0 Å². The molecule has 446 valence electrons. The predicted octanol–water partition coefficient (Wildman–Crippen LogP) is 22.3. The highest BCUT2D eigenvalue weighted by atomic mass is 14.8. The number of nitrogens with one attached hydrogen (secondary N) is 4. The Balaban J connectivity index is 1.16. The first-order valence-corrected chi connectivity index (χ1v) is 33.1. The first-order valence-electron chi connectivity index (χ1n) is 33.1. The lowest BCUT2D eigenvalue weighted by Gasteiger charge is -2.09. The van der Waals surface area contributed by atoms with Crippen LogP contribution in [0.3, 0.4) is 0 Å². The van der Waals surface area contributed by atoms with E-state index >= 15 is 0 Å². The Morgan fingerprint density at radius 2 is 0.544 bits per heavy atom. The molecule has 0 saturated carbocycles. The zero-order valence-electron chi connectivity index (χ0n) is 52.1. The van der Waals surface area contributed by atoms with E-state index < -0.39 is 0 Å². The fourth-order valence-electron chi connectivity index (χ4n) is 13.8. The molecule has 90 heavy (non-hydrogen) atoms. The fourth-order valence-corrected chi connectivity index (χ4v) is 13.8. The second-order valence-electron chi connectivity index (χ2n) is 24.4. The largest absolute Gasteiger partial charge is 0.355 e. The van der Waals surface area contributed by atoms with Crippen molar-refractivity contribution >= 4 is 92.7 Å². The van der Waals surface area contributed by atoms with Gasteiger partial charge in [0.1, 0.15) is 0 Å². The molecule has 0 saturated heterocycles. The van der Waals surface area contributed by atoms with Crippen LogP contribution in [-0.2, 0) is 19.3 Å². The Morgan fingerprint density at radius 3 is 0.944 bits per heavy atom. The minimum Gasteiger partial charge on any atom is -0.355 e. The quantitative estimate of drug-likeness (QED) is 0.0569. The molecule has 0 amide bonds. The van der Waals surface area contributed by atoms with Gasteiger partial charge in [0.05, 0.1) is 51.1 Å². The Labute approximate surface area is 528 Å². The Hall–Kier alpha value is -9.92. The van der Waals surface area contributed by atoms with Gasteiger partial charge < -0.3 is 19.9 Å². The molecule has 0 atom stereocenters. The van der Waals surface area contributed by atoms with Crippen LogP contribution in [0.15, 0.2) is 164 Å². The van der Waals surface area contributed by atoms with E-state index in [-0.39, 0.29) is 0 Å². The molecule has 0 fully saturated rings. The van der Waals surface area contributed by atoms with E-state index in [1.807, 2.05) is 0 Å². The van der Waals surface area contributed by atoms with E-state index in [9.17, 15) is 0 Å². The summed E-state index contributed by atoms with van der Waals surface area (Å²) in [5.74, 6) is 0. The van der Waals surface area contributed by atoms with Crippen molar-refractivity contribution in [1.82, 2.24) is 39.9 Å². The molecule has 0 radical (unpaired) electrons. The van der Waals surface area contributed by atoms with Gasteiger partial charge in [0.25, 0.3) is 0 Å². The van der Waals surface area contributed by atoms with Gasteiger partial charge in [-0.05, 0) is 152 Å². The second kappa shape index (κ2) is 26.4. The molecule has 0 aliphatic carbocycles. The van der Waals surface area contributed by atoms with Crippen molar-refractivity contribution in [2.24, 2.45) is 0 Å². The summed E-state index contributed by atoms with van der Waals surface area (Å²) in [6.45, 7) is 6.87. The van der Waals surface area contributed by atoms with E-state index in [1.54, 1.807) is 0 Å². The van der Waals surface area contributed by atoms with Gasteiger partial charge in [-0.3, -0.25) is 0 Å². The number of rotatable bonds is 20. The first kappa shape index (κ1) is 57.8. The summed E-state index contributed by atoms with van der Waals surface area (Å²) < 4.78 is 0. The molecule has 14 rings (SSSR count). The minimum absolute atomic E-state index is 0.842. The zero-order chi connectivity index (χ0) is 60.8. The second-order valence-corrected chi connectivity index (χ2v) is 24.4. The summed E-state index contributed by atoms with van der Waals surface area (Å²) in [5, 5.41) is 0. The van der Waals surface area contributed by atoms with Gasteiger partial charge in [0.2, 0.25) is 0 Å². The van der Waals surface area contributed by atoms with E-state index in [2.05, 4.69) is 253 Å². The summed E-state index contributed by atoms with van der Waals surface area (Å²) in [5.41, 5.74) is 29.3. The van der Waals surface area contributed by atoms with Crippen molar-refractivity contribution in [3.05, 3.63) is 226 Å². The summed E-state index contributed by atoms with van der Waals surface area (Å²) in [6.07, 6.45) is 34.5. The molecule has 8 heteroatoms. The highest BCUT2D eigenvalue weighted by molar-refractivity contribution is 6.08. The number of aromatic amines is 4. The third kappa shape index (κ3) is 11.7. The molecule has 6 aromatic heterocycles. The van der Waals surface area contributed by atoms with Crippen molar-refractivity contribution in [3.8, 4) is 55.6 Å². The molecule has 8 nitrogen and oxygen atoms in total. The third-order valence-corrected chi connectivity index (χ3v) is 18.3. The Morgan fingerprint density at radius 1 is 0.256 bits per heavy atom. The topological polar surface area (TPSA) is 115 Å². The smallest absolute Gasteiger partial charge is 0.0737 e. The van der Waals surface area contributed by atoms with Gasteiger partial charge in [-0.25, -0.2) is 19.9 Å². The van der Waals surface area contributed by atoms with Gasteiger partial charge in [0, 0.05) is 88.7 Å². The summed E-state index contributed by atoms with van der Waals surface area (Å²) >= 11 is 0. The highest BCUT2D eigenvalue weighted by Crippen LogP contribution is 2.44. The SMILES string of the molecule is CCCCCCc1c2nc(c(CCCCCC)c3ccc([nH]3)c(-c3cc4[nH]c3c(-c3ccccc3)c3nc(c(-c5ccccc5)c5ccc([nH]5)c(-c5ccccc5)c5nc(c4-c4ccccc4)C=C5)C=C3)c3nc(c(CCCCCC)c4ccc1[nH]4)C=C3)C=C2. The maximum absolute atomic E-state index is 5.88. The molecule has 4 aliphatic rings. The minimum atomic E-state index is 0.842. The number of benzene rings is 4. The van der Waals surface area contributed by atoms with Crippen molar-refractivity contribution in [1.29, 1.82) is 0 Å². The molecule has 0 spiro atoms. The van der Waals surface area contributed by atoms with Crippen LogP contribution in [0, 0.1) is 0 Å². The molecular formula is C82H78N8. The Kier molecular flexibility index (Phi) is 17.0. The fraction of sp³-hybridized carbons (Fsp3) is 0.220. The van der Waals surface area contributed by atoms with Gasteiger partial charge in [-0.2, -0.15) is 0 Å². The molecule has 4 N–H and O–H groups in total. The zero-order valence-corrected chi connectivity index (χ0v) is 52.1. The number of nitrogens with zero attached hydrogens (tertiary/aromatic N) is 4. The maximum Gasteiger partial charge on any atom is 0.0737 e. The lowest BCUT2D eigenvalue weighted by molar-refractivity contribution is 0.666. The number of hydrogen-bond acceptors (Lipinski definition) is 4. The van der Waals surface area contributed by atoms with E-state index in [0.717, 1.165) is 197 Å². The van der Waals surface area contributed by atoms with E-state index in [0.29, 0.717) is 0 Å². The van der Waals surface area contributed by atoms with Crippen LogP contribution in [0.4, 0.5) is 0 Å². The number of H-pyrrole nitrogens is 4. The number of aromatic nitrogens is 8. The van der Waals surface area contributed by atoms with Crippen LogP contribution in [0.2, 0.25) is 0 Å². The monoisotopic (exact) mass is 1170 g/mol. The molecule has 4 aromatic carbocycles. The molecule has 10 aromatic rings. The lowest BCUT2D eigenvalue weighted by Crippen LogP contribution is -1.95. The summed E-state index contributed by atoms with van der Waals surface area (Å²) in [6, 6.07) is 58.8. The average molecular weight is 1180 g/mol. The predicted molar refractivity (Wildman–Crippen MR) is 382 cm³/mol. The van der Waals surface area contributed by atoms with Gasteiger partial charge in [0.15, 0.2) is 0 Å². The van der Waals surface area contributed by atoms with Crippen molar-refractivity contribution in [2.75, 3.05) is 0 Å². The third-order valence-electron chi connectivity index (χ3n) is 18.3. The van der Waals surface area contributed by atoms with Crippen LogP contribution in [0.5, 0.6) is 0 Å². The number of fused-ring (bicyclic) bond motifs is 16. The Bertz CT molecular complexity index is 4750. The normalized spacial score (nSPS) is 12.4. The molecule has 4 aliphatic heterocycles. The standard InChI is InChI=1S/C82H78N8/c1-4-7-10-25-36-58-62-39-41-64(83-62)59(37-26-11-8-5-2)66-43-45-74(85-66)81(75-46-44-67(86-75)60(38-27-12-9-6-3)65-42-40-63(58)84-65)61-53-76-79(56-32-21-15-22-33-56)72-50-49-70(88-72)77(54-28-17-13-18-29-54)68-47-48-69(87-68)78(55-30-19-14-20-31-55)71-51-52-73(89-71)80(82(61)90-76)57-34-23-16-24-35-57/h13-24,28-35,39-53,83,86-87,90H,4-12,25-27,36-38H2,1-3H3. The van der Waals surface area contributed by atoms with Crippen LogP contribution in [-0.4, -0.2) is 39.9 Å². The van der Waals surface area contributed by atoms with Crippen LogP contribution in [0.25, 0.3) is 148 Å². The van der Waals surface area contributed by atoms with E-state index in [1.165, 1.54) is 61.6 Å².